The molecule has 0 radical (unpaired) electrons. The van der Waals surface area contributed by atoms with Gasteiger partial charge in [-0.2, -0.15) is 5.26 Å². The van der Waals surface area contributed by atoms with Crippen LogP contribution >= 0.6 is 0 Å². The lowest BCUT2D eigenvalue weighted by molar-refractivity contribution is -0.144. The molecule has 0 aromatic heterocycles. The van der Waals surface area contributed by atoms with Crippen LogP contribution in [-0.4, -0.2) is 18.7 Å². The monoisotopic (exact) mass is 240 g/mol. The van der Waals surface area contributed by atoms with Crippen LogP contribution in [-0.2, 0) is 14.4 Å². The molecular formula is C11H16N2O4. The van der Waals surface area contributed by atoms with Crippen LogP contribution in [0.2, 0.25) is 0 Å². The number of hydroxylamine groups is 1. The van der Waals surface area contributed by atoms with Crippen molar-refractivity contribution in [3.63, 3.8) is 0 Å². The number of hydrogen-bond acceptors (Lipinski definition) is 5. The van der Waals surface area contributed by atoms with Gasteiger partial charge >= 0.3 is 12.1 Å². The van der Waals surface area contributed by atoms with Crippen LogP contribution in [0.4, 0.5) is 4.79 Å². The molecule has 1 N–H and O–H groups in total. The number of unbranched alkanes of at least 4 members (excludes halogenated alkanes) is 2. The van der Waals surface area contributed by atoms with Gasteiger partial charge in [0.05, 0.1) is 6.61 Å². The minimum Gasteiger partial charge on any atom is -0.448 e. The molecule has 0 spiro atoms. The van der Waals surface area contributed by atoms with Gasteiger partial charge < -0.3 is 9.57 Å². The molecule has 0 fully saturated rings. The number of amides is 1. The van der Waals surface area contributed by atoms with E-state index in [4.69, 9.17) is 5.26 Å². The normalized spacial score (nSPS) is 10.3. The van der Waals surface area contributed by atoms with Crippen molar-refractivity contribution in [1.82, 2.24) is 5.48 Å². The van der Waals surface area contributed by atoms with Crippen LogP contribution in [0.3, 0.4) is 0 Å². The molecule has 0 unspecified atom stereocenters. The van der Waals surface area contributed by atoms with Crippen molar-refractivity contribution in [3.05, 3.63) is 11.6 Å². The van der Waals surface area contributed by atoms with Crippen LogP contribution < -0.4 is 5.48 Å². The first kappa shape index (κ1) is 15.0. The first-order valence-corrected chi connectivity index (χ1v) is 5.39. The predicted octanol–water partition coefficient (Wildman–Crippen LogP) is 1.83. The van der Waals surface area contributed by atoms with Crippen LogP contribution in [0.25, 0.3) is 0 Å². The number of nitrogens with one attached hydrogen (secondary N) is 1. The molecule has 94 valence electrons. The Kier molecular flexibility index (Phi) is 8.11. The lowest BCUT2D eigenvalue weighted by Crippen LogP contribution is -2.28. The highest BCUT2D eigenvalue weighted by Gasteiger charge is 2.12. The Morgan fingerprint density at radius 2 is 2.12 bits per heavy atom. The number of rotatable bonds is 5. The SMILES string of the molecule is CCCCC=C(C#N)C(=O)ONC(=O)OCC. The summed E-state index contributed by atoms with van der Waals surface area (Å²) in [5, 5.41) is 8.70. The lowest BCUT2D eigenvalue weighted by atomic mass is 10.2. The summed E-state index contributed by atoms with van der Waals surface area (Å²) in [5.41, 5.74) is 1.66. The van der Waals surface area contributed by atoms with E-state index in [1.54, 1.807) is 18.5 Å². The summed E-state index contributed by atoms with van der Waals surface area (Å²) in [5.74, 6) is -0.892. The Balaban J connectivity index is 4.14. The summed E-state index contributed by atoms with van der Waals surface area (Å²) < 4.78 is 4.47. The van der Waals surface area contributed by atoms with Gasteiger partial charge in [-0.1, -0.05) is 25.8 Å². The van der Waals surface area contributed by atoms with Gasteiger partial charge in [-0.25, -0.2) is 9.59 Å². The van der Waals surface area contributed by atoms with Gasteiger partial charge in [0.25, 0.3) is 0 Å². The fourth-order valence-electron chi connectivity index (χ4n) is 0.929. The number of ether oxygens (including phenoxy) is 1. The number of nitrogens with zero attached hydrogens (tertiary/aromatic N) is 1. The fourth-order valence-corrected chi connectivity index (χ4v) is 0.929. The van der Waals surface area contributed by atoms with E-state index in [0.29, 0.717) is 6.42 Å². The molecule has 17 heavy (non-hydrogen) atoms. The second kappa shape index (κ2) is 9.21. The lowest BCUT2D eigenvalue weighted by Gasteiger charge is -2.04. The zero-order valence-corrected chi connectivity index (χ0v) is 9.99. The molecule has 0 aromatic carbocycles. The van der Waals surface area contributed by atoms with Gasteiger partial charge in [0.15, 0.2) is 0 Å². The number of nitriles is 1. The summed E-state index contributed by atoms with van der Waals surface area (Å²) in [6.45, 7) is 3.79. The smallest absolute Gasteiger partial charge is 0.440 e. The van der Waals surface area contributed by atoms with Crippen LogP contribution in [0, 0.1) is 11.3 Å². The molecule has 0 aromatic rings. The highest BCUT2D eigenvalue weighted by atomic mass is 16.7. The van der Waals surface area contributed by atoms with E-state index in [-0.39, 0.29) is 12.2 Å². The molecule has 0 aliphatic heterocycles. The Morgan fingerprint density at radius 1 is 1.41 bits per heavy atom. The minimum absolute atomic E-state index is 0.129. The predicted molar refractivity (Wildman–Crippen MR) is 59.5 cm³/mol. The van der Waals surface area contributed by atoms with Gasteiger partial charge in [0.1, 0.15) is 11.6 Å². The van der Waals surface area contributed by atoms with E-state index < -0.39 is 12.1 Å². The average molecular weight is 240 g/mol. The molecule has 6 heteroatoms. The largest absolute Gasteiger partial charge is 0.448 e. The quantitative estimate of drug-likeness (QED) is 0.343. The summed E-state index contributed by atoms with van der Waals surface area (Å²) in [4.78, 5) is 26.5. The average Bonchev–Trinajstić information content (AvgIpc) is 2.32. The first-order chi connectivity index (χ1) is 8.15. The number of hydrogen-bond donors (Lipinski definition) is 1. The minimum atomic E-state index is -0.892. The van der Waals surface area contributed by atoms with Crippen molar-refractivity contribution in [2.45, 2.75) is 33.1 Å². The fraction of sp³-hybridized carbons (Fsp3) is 0.545. The van der Waals surface area contributed by atoms with Crippen molar-refractivity contribution in [2.75, 3.05) is 6.61 Å². The molecular weight excluding hydrogens is 224 g/mol. The first-order valence-electron chi connectivity index (χ1n) is 5.39. The molecule has 0 saturated carbocycles. The Morgan fingerprint density at radius 3 is 2.65 bits per heavy atom. The summed E-state index contributed by atoms with van der Waals surface area (Å²) in [6.07, 6.45) is 3.08. The molecule has 0 aliphatic rings. The summed E-state index contributed by atoms with van der Waals surface area (Å²) >= 11 is 0. The Labute approximate surface area is 100 Å². The van der Waals surface area contributed by atoms with Gasteiger partial charge in [-0.3, -0.25) is 0 Å². The second-order valence-electron chi connectivity index (χ2n) is 3.08. The molecule has 0 bridgehead atoms. The third kappa shape index (κ3) is 6.95. The van der Waals surface area contributed by atoms with Gasteiger partial charge in [0.2, 0.25) is 0 Å². The number of carbonyl (C=O) groups is 2. The molecule has 6 nitrogen and oxygen atoms in total. The van der Waals surface area contributed by atoms with Gasteiger partial charge in [-0.05, 0) is 13.3 Å². The van der Waals surface area contributed by atoms with Gasteiger partial charge in [0, 0.05) is 0 Å². The maximum Gasteiger partial charge on any atom is 0.440 e. The zero-order valence-electron chi connectivity index (χ0n) is 9.99. The van der Waals surface area contributed by atoms with E-state index in [0.717, 1.165) is 12.8 Å². The Hall–Kier alpha value is -2.03. The molecule has 0 aliphatic carbocycles. The Bertz CT molecular complexity index is 331. The maximum absolute atomic E-state index is 11.3. The van der Waals surface area contributed by atoms with Crippen molar-refractivity contribution < 1.29 is 19.2 Å². The van der Waals surface area contributed by atoms with Crippen molar-refractivity contribution in [3.8, 4) is 6.07 Å². The zero-order chi connectivity index (χ0) is 13.1. The van der Waals surface area contributed by atoms with Crippen molar-refractivity contribution in [2.24, 2.45) is 0 Å². The van der Waals surface area contributed by atoms with E-state index in [1.165, 1.54) is 6.08 Å². The van der Waals surface area contributed by atoms with Crippen molar-refractivity contribution >= 4 is 12.1 Å². The maximum atomic E-state index is 11.3. The van der Waals surface area contributed by atoms with Crippen LogP contribution in [0.5, 0.6) is 0 Å². The third-order valence-corrected chi connectivity index (χ3v) is 1.75. The van der Waals surface area contributed by atoms with Crippen LogP contribution in [0.15, 0.2) is 11.6 Å². The summed E-state index contributed by atoms with van der Waals surface area (Å²) in [6, 6.07) is 1.71. The standard InChI is InChI=1S/C11H16N2O4/c1-3-5-6-7-9(8-12)10(14)17-13-11(15)16-4-2/h7H,3-6H2,1-2H3,(H,13,15). The number of allylic oxidation sites excluding steroid dienone is 1. The third-order valence-electron chi connectivity index (χ3n) is 1.75. The van der Waals surface area contributed by atoms with E-state index in [9.17, 15) is 9.59 Å². The van der Waals surface area contributed by atoms with Crippen molar-refractivity contribution in [1.29, 1.82) is 5.26 Å². The van der Waals surface area contributed by atoms with E-state index >= 15 is 0 Å². The molecule has 0 saturated heterocycles. The topological polar surface area (TPSA) is 88.4 Å². The van der Waals surface area contributed by atoms with E-state index in [1.807, 2.05) is 6.92 Å². The summed E-state index contributed by atoms with van der Waals surface area (Å²) in [7, 11) is 0. The second-order valence-corrected chi connectivity index (χ2v) is 3.08. The highest BCUT2D eigenvalue weighted by Crippen LogP contribution is 2.02. The molecule has 0 heterocycles. The molecule has 1 amide bonds. The van der Waals surface area contributed by atoms with Crippen LogP contribution in [0.1, 0.15) is 33.1 Å². The molecule has 0 rings (SSSR count). The van der Waals surface area contributed by atoms with Gasteiger partial charge in [-0.15, -0.1) is 5.48 Å². The molecule has 0 atom stereocenters. The highest BCUT2D eigenvalue weighted by molar-refractivity contribution is 5.93. The number of carbonyl (C=O) groups excluding carboxylic acids is 2. The van der Waals surface area contributed by atoms with E-state index in [2.05, 4.69) is 9.57 Å².